The third-order valence-corrected chi connectivity index (χ3v) is 4.37. The number of benzene rings is 1. The summed E-state index contributed by atoms with van der Waals surface area (Å²) in [5.41, 5.74) is 6.90. The average Bonchev–Trinajstić information content (AvgIpc) is 2.42. The van der Waals surface area contributed by atoms with E-state index in [9.17, 15) is 0 Å². The van der Waals surface area contributed by atoms with Gasteiger partial charge in [0, 0.05) is 11.6 Å². The number of nitrogens with two attached hydrogens (primary N) is 1. The van der Waals surface area contributed by atoms with E-state index in [1.807, 2.05) is 18.2 Å². The van der Waals surface area contributed by atoms with Crippen LogP contribution in [0, 0.1) is 11.8 Å². The van der Waals surface area contributed by atoms with E-state index >= 15 is 0 Å². The van der Waals surface area contributed by atoms with Crippen molar-refractivity contribution in [3.8, 4) is 0 Å². The maximum absolute atomic E-state index is 6.13. The molecule has 0 amide bonds. The zero-order chi connectivity index (χ0) is 12.8. The summed E-state index contributed by atoms with van der Waals surface area (Å²) >= 11 is 6.13. The van der Waals surface area contributed by atoms with Gasteiger partial charge in [-0.2, -0.15) is 0 Å². The molecule has 2 nitrogen and oxygen atoms in total. The Balaban J connectivity index is 0.00000180. The number of rotatable bonds is 5. The first kappa shape index (κ1) is 20.0. The Morgan fingerprint density at radius 3 is 2.25 bits per heavy atom. The molecule has 1 saturated carbocycles. The van der Waals surface area contributed by atoms with Crippen molar-refractivity contribution in [2.45, 2.75) is 32.2 Å². The number of hydrogen-bond donors (Lipinski definition) is 2. The van der Waals surface area contributed by atoms with Crippen molar-refractivity contribution in [3.05, 3.63) is 34.9 Å². The Morgan fingerprint density at radius 1 is 1.05 bits per heavy atom. The molecule has 20 heavy (non-hydrogen) atoms. The number of nitrogens with one attached hydrogen (secondary N) is 1. The summed E-state index contributed by atoms with van der Waals surface area (Å²) in [5.74, 6) is 1.58. The van der Waals surface area contributed by atoms with E-state index in [1.54, 1.807) is 0 Å². The standard InChI is InChI=1S/C15H23ClN2.2ClH/c16-15-4-2-1-3-14(15)11-18-10-13-7-5-12(9-17)6-8-13;;/h1-4,12-13,18H,5-11,17H2;2*1H. The van der Waals surface area contributed by atoms with Crippen molar-refractivity contribution in [2.75, 3.05) is 13.1 Å². The highest BCUT2D eigenvalue weighted by Crippen LogP contribution is 2.27. The monoisotopic (exact) mass is 338 g/mol. The molecule has 2 rings (SSSR count). The molecule has 0 saturated heterocycles. The normalized spacial score (nSPS) is 21.7. The quantitative estimate of drug-likeness (QED) is 0.849. The molecule has 0 atom stereocenters. The Kier molecular flexibility index (Phi) is 10.7. The van der Waals surface area contributed by atoms with Gasteiger partial charge in [-0.05, 0) is 62.2 Å². The van der Waals surface area contributed by atoms with E-state index < -0.39 is 0 Å². The van der Waals surface area contributed by atoms with Crippen molar-refractivity contribution in [1.29, 1.82) is 0 Å². The second kappa shape index (κ2) is 10.7. The lowest BCUT2D eigenvalue weighted by molar-refractivity contribution is 0.272. The van der Waals surface area contributed by atoms with Crippen LogP contribution in [0.3, 0.4) is 0 Å². The van der Waals surface area contributed by atoms with Gasteiger partial charge < -0.3 is 11.1 Å². The van der Waals surface area contributed by atoms with Crippen molar-refractivity contribution in [1.82, 2.24) is 5.32 Å². The van der Waals surface area contributed by atoms with Gasteiger partial charge in [-0.1, -0.05) is 29.8 Å². The average molecular weight is 340 g/mol. The van der Waals surface area contributed by atoms with Crippen LogP contribution in [0.25, 0.3) is 0 Å². The van der Waals surface area contributed by atoms with E-state index in [0.29, 0.717) is 0 Å². The fourth-order valence-electron chi connectivity index (χ4n) is 2.72. The largest absolute Gasteiger partial charge is 0.330 e. The van der Waals surface area contributed by atoms with Crippen molar-refractivity contribution < 1.29 is 0 Å². The molecule has 0 bridgehead atoms. The summed E-state index contributed by atoms with van der Waals surface area (Å²) in [6.45, 7) is 2.83. The lowest BCUT2D eigenvalue weighted by Gasteiger charge is -2.27. The van der Waals surface area contributed by atoms with E-state index in [2.05, 4.69) is 11.4 Å². The molecule has 5 heteroatoms. The Labute approximate surface area is 139 Å². The molecule has 1 aliphatic rings. The summed E-state index contributed by atoms with van der Waals surface area (Å²) in [4.78, 5) is 0. The molecule has 3 N–H and O–H groups in total. The van der Waals surface area contributed by atoms with E-state index in [1.165, 1.54) is 31.2 Å². The third kappa shape index (κ3) is 6.19. The van der Waals surface area contributed by atoms with Gasteiger partial charge in [0.15, 0.2) is 0 Å². The Morgan fingerprint density at radius 2 is 1.65 bits per heavy atom. The van der Waals surface area contributed by atoms with Gasteiger partial charge in [-0.3, -0.25) is 0 Å². The zero-order valence-corrected chi connectivity index (χ0v) is 14.1. The maximum atomic E-state index is 6.13. The van der Waals surface area contributed by atoms with Gasteiger partial charge in [-0.25, -0.2) is 0 Å². The highest BCUT2D eigenvalue weighted by atomic mass is 35.5. The highest BCUT2D eigenvalue weighted by molar-refractivity contribution is 6.31. The van der Waals surface area contributed by atoms with Gasteiger partial charge in [-0.15, -0.1) is 24.8 Å². The fraction of sp³-hybridized carbons (Fsp3) is 0.600. The maximum Gasteiger partial charge on any atom is 0.0450 e. The molecule has 0 heterocycles. The van der Waals surface area contributed by atoms with Crippen LogP contribution in [0.4, 0.5) is 0 Å². The predicted octanol–water partition coefficient (Wildman–Crippen LogP) is 4.04. The van der Waals surface area contributed by atoms with E-state index in [4.69, 9.17) is 17.3 Å². The molecule has 0 aliphatic heterocycles. The van der Waals surface area contributed by atoms with Gasteiger partial charge in [0.1, 0.15) is 0 Å². The molecule has 1 aromatic carbocycles. The second-order valence-electron chi connectivity index (χ2n) is 5.34. The summed E-state index contributed by atoms with van der Waals surface area (Å²) in [7, 11) is 0. The van der Waals surface area contributed by atoms with Crippen molar-refractivity contribution in [3.63, 3.8) is 0 Å². The van der Waals surface area contributed by atoms with Crippen LogP contribution in [-0.4, -0.2) is 13.1 Å². The minimum atomic E-state index is 0. The van der Waals surface area contributed by atoms with E-state index in [0.717, 1.165) is 36.5 Å². The lowest BCUT2D eigenvalue weighted by Crippen LogP contribution is -2.28. The van der Waals surface area contributed by atoms with Crippen LogP contribution in [0.1, 0.15) is 31.2 Å². The molecule has 1 aliphatic carbocycles. The highest BCUT2D eigenvalue weighted by Gasteiger charge is 2.19. The van der Waals surface area contributed by atoms with Crippen LogP contribution in [0.15, 0.2) is 24.3 Å². The molecular formula is C15H25Cl3N2. The molecule has 0 radical (unpaired) electrons. The topological polar surface area (TPSA) is 38.0 Å². The minimum Gasteiger partial charge on any atom is -0.330 e. The minimum absolute atomic E-state index is 0. The second-order valence-corrected chi connectivity index (χ2v) is 5.75. The first-order chi connectivity index (χ1) is 8.79. The summed E-state index contributed by atoms with van der Waals surface area (Å²) in [6.07, 6.45) is 5.23. The Bertz CT molecular complexity index is 366. The first-order valence-corrected chi connectivity index (χ1v) is 7.31. The molecule has 0 unspecified atom stereocenters. The van der Waals surface area contributed by atoms with Crippen LogP contribution >= 0.6 is 36.4 Å². The molecule has 1 aromatic rings. The Hall–Kier alpha value is 0.01000. The van der Waals surface area contributed by atoms with Gasteiger partial charge in [0.05, 0.1) is 0 Å². The van der Waals surface area contributed by atoms with Crippen molar-refractivity contribution in [2.24, 2.45) is 17.6 Å². The lowest BCUT2D eigenvalue weighted by atomic mass is 9.82. The van der Waals surface area contributed by atoms with Crippen LogP contribution in [-0.2, 0) is 6.54 Å². The molecule has 116 valence electrons. The summed E-state index contributed by atoms with van der Waals surface area (Å²) in [6, 6.07) is 8.04. The number of hydrogen-bond acceptors (Lipinski definition) is 2. The van der Waals surface area contributed by atoms with Gasteiger partial charge in [0.25, 0.3) is 0 Å². The fourth-order valence-corrected chi connectivity index (χ4v) is 2.93. The zero-order valence-electron chi connectivity index (χ0n) is 11.7. The molecule has 0 spiro atoms. The predicted molar refractivity (Wildman–Crippen MR) is 92.2 cm³/mol. The van der Waals surface area contributed by atoms with Gasteiger partial charge >= 0.3 is 0 Å². The number of halogens is 3. The van der Waals surface area contributed by atoms with Crippen LogP contribution < -0.4 is 11.1 Å². The van der Waals surface area contributed by atoms with Gasteiger partial charge in [0.2, 0.25) is 0 Å². The first-order valence-electron chi connectivity index (χ1n) is 6.93. The van der Waals surface area contributed by atoms with E-state index in [-0.39, 0.29) is 24.8 Å². The smallest absolute Gasteiger partial charge is 0.0450 e. The molecular weight excluding hydrogens is 315 g/mol. The molecule has 1 fully saturated rings. The van der Waals surface area contributed by atoms with Crippen LogP contribution in [0.5, 0.6) is 0 Å². The summed E-state index contributed by atoms with van der Waals surface area (Å²) in [5, 5.41) is 4.39. The molecule has 0 aromatic heterocycles. The third-order valence-electron chi connectivity index (χ3n) is 4.01. The van der Waals surface area contributed by atoms with Crippen LogP contribution in [0.2, 0.25) is 5.02 Å². The SMILES string of the molecule is Cl.Cl.NCC1CCC(CNCc2ccccc2Cl)CC1. The summed E-state index contributed by atoms with van der Waals surface area (Å²) < 4.78 is 0. The van der Waals surface area contributed by atoms with Crippen molar-refractivity contribution >= 4 is 36.4 Å².